The molecule has 0 aromatic carbocycles. The first-order valence-corrected chi connectivity index (χ1v) is 5.80. The molecule has 2 amide bonds. The van der Waals surface area contributed by atoms with E-state index in [1.54, 1.807) is 18.3 Å². The zero-order chi connectivity index (χ0) is 11.8. The van der Waals surface area contributed by atoms with Crippen LogP contribution in [0.25, 0.3) is 0 Å². The molecule has 1 aromatic heterocycles. The number of thiophene rings is 1. The van der Waals surface area contributed by atoms with Gasteiger partial charge in [0.05, 0.1) is 13.2 Å². The SMILES string of the molecule is CCOC(=O)CNC(=O)NCc1cccs1. The summed E-state index contributed by atoms with van der Waals surface area (Å²) in [5, 5.41) is 6.98. The number of hydrogen-bond donors (Lipinski definition) is 2. The Hall–Kier alpha value is -1.56. The zero-order valence-electron chi connectivity index (χ0n) is 8.99. The number of urea groups is 1. The number of rotatable bonds is 5. The molecule has 1 rings (SSSR count). The normalized spacial score (nSPS) is 9.56. The number of nitrogens with one attached hydrogen (secondary N) is 2. The van der Waals surface area contributed by atoms with Crippen molar-refractivity contribution in [1.29, 1.82) is 0 Å². The Morgan fingerprint density at radius 2 is 2.25 bits per heavy atom. The fourth-order valence-electron chi connectivity index (χ4n) is 1.01. The molecule has 0 atom stereocenters. The molecule has 5 nitrogen and oxygen atoms in total. The lowest BCUT2D eigenvalue weighted by molar-refractivity contribution is -0.141. The second kappa shape index (κ2) is 6.84. The first kappa shape index (κ1) is 12.5. The van der Waals surface area contributed by atoms with Gasteiger partial charge in [-0.3, -0.25) is 4.79 Å². The summed E-state index contributed by atoms with van der Waals surface area (Å²) in [4.78, 5) is 23.2. The Balaban J connectivity index is 2.14. The quantitative estimate of drug-likeness (QED) is 0.760. The number of carbonyl (C=O) groups excluding carboxylic acids is 2. The fourth-order valence-corrected chi connectivity index (χ4v) is 1.65. The lowest BCUT2D eigenvalue weighted by Gasteiger charge is -2.05. The van der Waals surface area contributed by atoms with Crippen molar-refractivity contribution in [2.24, 2.45) is 0 Å². The van der Waals surface area contributed by atoms with Crippen molar-refractivity contribution in [1.82, 2.24) is 10.6 Å². The minimum atomic E-state index is -0.436. The molecule has 16 heavy (non-hydrogen) atoms. The van der Waals surface area contributed by atoms with Crippen LogP contribution in [0.3, 0.4) is 0 Å². The van der Waals surface area contributed by atoms with Crippen LogP contribution < -0.4 is 10.6 Å². The number of amides is 2. The molecule has 0 aliphatic carbocycles. The molecule has 0 saturated heterocycles. The van der Waals surface area contributed by atoms with Crippen LogP contribution in [-0.2, 0) is 16.1 Å². The summed E-state index contributed by atoms with van der Waals surface area (Å²) >= 11 is 1.56. The van der Waals surface area contributed by atoms with Crippen LogP contribution in [0.15, 0.2) is 17.5 Å². The van der Waals surface area contributed by atoms with E-state index in [2.05, 4.69) is 15.4 Å². The number of carbonyl (C=O) groups is 2. The van der Waals surface area contributed by atoms with Gasteiger partial charge in [-0.1, -0.05) is 6.07 Å². The Kier molecular flexibility index (Phi) is 5.35. The van der Waals surface area contributed by atoms with Crippen molar-refractivity contribution in [3.05, 3.63) is 22.4 Å². The summed E-state index contributed by atoms with van der Waals surface area (Å²) in [5.41, 5.74) is 0. The smallest absolute Gasteiger partial charge is 0.325 e. The third-order valence-corrected chi connectivity index (χ3v) is 2.58. The van der Waals surface area contributed by atoms with Crippen LogP contribution in [0.4, 0.5) is 4.79 Å². The summed E-state index contributed by atoms with van der Waals surface area (Å²) in [6.07, 6.45) is 0. The van der Waals surface area contributed by atoms with Gasteiger partial charge in [0.2, 0.25) is 0 Å². The number of esters is 1. The Morgan fingerprint density at radius 3 is 2.88 bits per heavy atom. The van der Waals surface area contributed by atoms with Crippen LogP contribution in [-0.4, -0.2) is 25.2 Å². The van der Waals surface area contributed by atoms with Crippen molar-refractivity contribution in [3.8, 4) is 0 Å². The highest BCUT2D eigenvalue weighted by molar-refractivity contribution is 7.09. The topological polar surface area (TPSA) is 67.4 Å². The third kappa shape index (κ3) is 4.79. The van der Waals surface area contributed by atoms with Gasteiger partial charge in [0, 0.05) is 4.88 Å². The van der Waals surface area contributed by atoms with Gasteiger partial charge in [0.25, 0.3) is 0 Å². The van der Waals surface area contributed by atoms with E-state index in [0.29, 0.717) is 13.2 Å². The van der Waals surface area contributed by atoms with E-state index in [0.717, 1.165) is 4.88 Å². The number of ether oxygens (including phenoxy) is 1. The maximum Gasteiger partial charge on any atom is 0.325 e. The van der Waals surface area contributed by atoms with Gasteiger partial charge in [0.1, 0.15) is 6.54 Å². The summed E-state index contributed by atoms with van der Waals surface area (Å²) in [6, 6.07) is 3.47. The lowest BCUT2D eigenvalue weighted by Crippen LogP contribution is -2.38. The molecule has 6 heteroatoms. The van der Waals surface area contributed by atoms with Gasteiger partial charge in [-0.05, 0) is 18.4 Å². The highest BCUT2D eigenvalue weighted by atomic mass is 32.1. The maximum atomic E-state index is 11.2. The van der Waals surface area contributed by atoms with Gasteiger partial charge in [-0.2, -0.15) is 0 Å². The lowest BCUT2D eigenvalue weighted by atomic mass is 10.5. The standard InChI is InChI=1S/C10H14N2O3S/c1-2-15-9(13)7-12-10(14)11-6-8-4-3-5-16-8/h3-5H,2,6-7H2,1H3,(H2,11,12,14). The van der Waals surface area contributed by atoms with Crippen molar-refractivity contribution in [2.75, 3.05) is 13.2 Å². The van der Waals surface area contributed by atoms with E-state index in [4.69, 9.17) is 0 Å². The molecule has 0 unspecified atom stereocenters. The Labute approximate surface area is 97.8 Å². The summed E-state index contributed by atoms with van der Waals surface area (Å²) in [7, 11) is 0. The molecule has 1 heterocycles. The Morgan fingerprint density at radius 1 is 1.44 bits per heavy atom. The third-order valence-electron chi connectivity index (χ3n) is 1.70. The minimum Gasteiger partial charge on any atom is -0.465 e. The van der Waals surface area contributed by atoms with Crippen LogP contribution in [0.1, 0.15) is 11.8 Å². The van der Waals surface area contributed by atoms with Gasteiger partial charge in [0.15, 0.2) is 0 Å². The first-order valence-electron chi connectivity index (χ1n) is 4.92. The predicted molar refractivity (Wildman–Crippen MR) is 61.2 cm³/mol. The average molecular weight is 242 g/mol. The largest absolute Gasteiger partial charge is 0.465 e. The van der Waals surface area contributed by atoms with Crippen molar-refractivity contribution in [2.45, 2.75) is 13.5 Å². The maximum absolute atomic E-state index is 11.2. The molecule has 1 aromatic rings. The second-order valence-corrected chi connectivity index (χ2v) is 3.95. The Bertz CT molecular complexity index is 338. The van der Waals surface area contributed by atoms with Crippen molar-refractivity contribution >= 4 is 23.3 Å². The predicted octanol–water partition coefficient (Wildman–Crippen LogP) is 1.11. The van der Waals surface area contributed by atoms with E-state index in [1.807, 2.05) is 17.5 Å². The molecule has 88 valence electrons. The van der Waals surface area contributed by atoms with Gasteiger partial charge in [-0.25, -0.2) is 4.79 Å². The summed E-state index contributed by atoms with van der Waals surface area (Å²) in [6.45, 7) is 2.39. The minimum absolute atomic E-state index is 0.107. The van der Waals surface area contributed by atoms with Crippen LogP contribution >= 0.6 is 11.3 Å². The van der Waals surface area contributed by atoms with E-state index >= 15 is 0 Å². The molecule has 0 bridgehead atoms. The highest BCUT2D eigenvalue weighted by Crippen LogP contribution is 2.06. The fraction of sp³-hybridized carbons (Fsp3) is 0.400. The molecular formula is C10H14N2O3S. The molecule has 2 N–H and O–H groups in total. The van der Waals surface area contributed by atoms with E-state index in [-0.39, 0.29) is 12.6 Å². The molecule has 0 radical (unpaired) electrons. The molecule has 0 aliphatic rings. The second-order valence-electron chi connectivity index (χ2n) is 2.92. The summed E-state index contributed by atoms with van der Waals surface area (Å²) in [5.74, 6) is -0.436. The van der Waals surface area contributed by atoms with Gasteiger partial charge in [-0.15, -0.1) is 11.3 Å². The van der Waals surface area contributed by atoms with E-state index in [1.165, 1.54) is 0 Å². The van der Waals surface area contributed by atoms with Crippen LogP contribution in [0.5, 0.6) is 0 Å². The van der Waals surface area contributed by atoms with E-state index < -0.39 is 5.97 Å². The zero-order valence-corrected chi connectivity index (χ0v) is 9.80. The summed E-state index contributed by atoms with van der Waals surface area (Å²) < 4.78 is 4.66. The molecule has 0 fully saturated rings. The molecule has 0 saturated carbocycles. The van der Waals surface area contributed by atoms with Crippen molar-refractivity contribution < 1.29 is 14.3 Å². The number of hydrogen-bond acceptors (Lipinski definition) is 4. The van der Waals surface area contributed by atoms with Gasteiger partial charge >= 0.3 is 12.0 Å². The van der Waals surface area contributed by atoms with Gasteiger partial charge < -0.3 is 15.4 Å². The van der Waals surface area contributed by atoms with Crippen LogP contribution in [0, 0.1) is 0 Å². The molecular weight excluding hydrogens is 228 g/mol. The molecule has 0 spiro atoms. The van der Waals surface area contributed by atoms with E-state index in [9.17, 15) is 9.59 Å². The average Bonchev–Trinajstić information content (AvgIpc) is 2.77. The highest BCUT2D eigenvalue weighted by Gasteiger charge is 2.05. The molecule has 0 aliphatic heterocycles. The first-order chi connectivity index (χ1) is 7.72. The van der Waals surface area contributed by atoms with Crippen molar-refractivity contribution in [3.63, 3.8) is 0 Å². The monoisotopic (exact) mass is 242 g/mol. The van der Waals surface area contributed by atoms with Crippen LogP contribution in [0.2, 0.25) is 0 Å².